The number of nitrogens with one attached hydrogen (secondary N) is 1. The van der Waals surface area contributed by atoms with Crippen molar-refractivity contribution >= 4 is 26.6 Å². The Morgan fingerprint density at radius 1 is 1.12 bits per heavy atom. The monoisotopic (exact) mass is 571 g/mol. The van der Waals surface area contributed by atoms with E-state index in [0.29, 0.717) is 58.4 Å². The molecule has 40 heavy (non-hydrogen) atoms. The Morgan fingerprint density at radius 2 is 1.82 bits per heavy atom. The highest BCUT2D eigenvalue weighted by Crippen LogP contribution is 2.53. The Balaban J connectivity index is 1.31. The molecule has 1 atom stereocenters. The molecule has 0 radical (unpaired) electrons. The minimum absolute atomic E-state index is 0.0115. The van der Waals surface area contributed by atoms with Crippen LogP contribution < -0.4 is 10.9 Å². The molecule has 11 heteroatoms. The largest absolute Gasteiger partial charge is 0.373 e. The van der Waals surface area contributed by atoms with Crippen LogP contribution in [-0.4, -0.2) is 43.4 Å². The first-order valence-corrected chi connectivity index (χ1v) is 15.7. The lowest BCUT2D eigenvalue weighted by molar-refractivity contribution is -0.0685. The van der Waals surface area contributed by atoms with Crippen LogP contribution in [0.5, 0.6) is 0 Å². The summed E-state index contributed by atoms with van der Waals surface area (Å²) >= 11 is 0. The molecule has 1 N–H and O–H groups in total. The molecule has 2 aromatic heterocycles. The summed E-state index contributed by atoms with van der Waals surface area (Å²) in [5.74, 6) is 1.81. The first-order chi connectivity index (χ1) is 19.1. The zero-order valence-electron chi connectivity index (χ0n) is 23.0. The molecule has 1 aromatic carbocycles. The number of ether oxygens (including phenoxy) is 1. The molecule has 3 aliphatic rings. The van der Waals surface area contributed by atoms with Gasteiger partial charge in [-0.25, -0.2) is 27.3 Å². The third-order valence-corrected chi connectivity index (χ3v) is 11.8. The highest BCUT2D eigenvalue weighted by Gasteiger charge is 2.53. The summed E-state index contributed by atoms with van der Waals surface area (Å²) in [6.07, 6.45) is 3.91. The van der Waals surface area contributed by atoms with Gasteiger partial charge in [0.15, 0.2) is 0 Å². The van der Waals surface area contributed by atoms with Crippen LogP contribution in [0.2, 0.25) is 0 Å². The Labute approximate surface area is 232 Å². The second kappa shape index (κ2) is 9.87. The van der Waals surface area contributed by atoms with Crippen molar-refractivity contribution in [2.45, 2.75) is 69.6 Å². The maximum absolute atomic E-state index is 13.6. The topological polar surface area (TPSA) is 98.5 Å². The van der Waals surface area contributed by atoms with Gasteiger partial charge in [-0.2, -0.15) is 0 Å². The number of aromatic nitrogens is 3. The molecule has 1 spiro atoms. The molecule has 0 unspecified atom stereocenters. The number of fused-ring (bicyclic) bond motifs is 1. The molecular weight excluding hydrogens is 536 g/mol. The fraction of sp³-hybridized carbons (Fsp3) is 0.552. The summed E-state index contributed by atoms with van der Waals surface area (Å²) in [6.45, 7) is 1.88. The minimum atomic E-state index is -2.55. The predicted molar refractivity (Wildman–Crippen MR) is 151 cm³/mol. The second-order valence-electron chi connectivity index (χ2n) is 11.8. The van der Waals surface area contributed by atoms with Crippen molar-refractivity contribution < 1.29 is 17.7 Å². The molecule has 6 rings (SSSR count). The number of methoxy groups -OCH3 is 1. The van der Waals surface area contributed by atoms with Crippen LogP contribution in [0.1, 0.15) is 74.6 Å². The lowest BCUT2D eigenvalue weighted by Gasteiger charge is -2.51. The minimum Gasteiger partial charge on any atom is -0.373 e. The number of rotatable bonds is 7. The van der Waals surface area contributed by atoms with Crippen LogP contribution in [0.4, 0.5) is 14.6 Å². The molecule has 2 aliphatic carbocycles. The number of benzene rings is 1. The molecule has 214 valence electrons. The van der Waals surface area contributed by atoms with Gasteiger partial charge < -0.3 is 10.1 Å². The Hall–Kier alpha value is -2.92. The van der Waals surface area contributed by atoms with Crippen LogP contribution in [0, 0.1) is 5.41 Å². The van der Waals surface area contributed by atoms with Gasteiger partial charge in [0.1, 0.15) is 17.8 Å². The van der Waals surface area contributed by atoms with Crippen LogP contribution in [0.15, 0.2) is 45.8 Å². The van der Waals surface area contributed by atoms with E-state index in [0.717, 1.165) is 25.7 Å². The summed E-state index contributed by atoms with van der Waals surface area (Å²) < 4.78 is 51.9. The SMILES string of the molecule is COC1(c2cc3c(N[C@H](C)c4cccc(C(F)F)c4)ncnc3n(C)c2=O)CCC2(CC1)CS(=O)(=NC1CC1)C2. The third kappa shape index (κ3) is 4.81. The average molecular weight is 572 g/mol. The van der Waals surface area contributed by atoms with Crippen LogP contribution in [-0.2, 0) is 27.1 Å². The smallest absolute Gasteiger partial charge is 0.263 e. The molecule has 8 nitrogen and oxygen atoms in total. The first-order valence-electron chi connectivity index (χ1n) is 13.8. The maximum atomic E-state index is 13.6. The van der Waals surface area contributed by atoms with E-state index >= 15 is 0 Å². The standard InChI is InChI=1S/C29H35F2N5O3S/c1-18(19-5-4-6-20(13-19)24(30)31)34-25-22-14-23(27(37)36(2)26(22)33-17-32-25)29(39-3)11-9-28(10-12-29)15-40(38,16-28)35-21-7-8-21/h4-6,13-14,17-18,21,24H,7-12,15-16H2,1-3H3,(H,32,33,34)/t18-,28?,29?,40?/m1/s1. The Bertz CT molecular complexity index is 1620. The number of pyridine rings is 1. The van der Waals surface area contributed by atoms with E-state index in [1.54, 1.807) is 26.3 Å². The number of alkyl halides is 2. The average Bonchev–Trinajstić information content (AvgIpc) is 3.74. The molecular formula is C29H35F2N5O3S. The number of halogens is 2. The molecule has 3 heterocycles. The molecule has 3 fully saturated rings. The maximum Gasteiger partial charge on any atom is 0.263 e. The first kappa shape index (κ1) is 27.3. The van der Waals surface area contributed by atoms with Gasteiger partial charge in [0, 0.05) is 47.0 Å². The number of hydrogen-bond donors (Lipinski definition) is 1. The molecule has 0 bridgehead atoms. The van der Waals surface area contributed by atoms with E-state index in [4.69, 9.17) is 4.74 Å². The van der Waals surface area contributed by atoms with Gasteiger partial charge in [-0.05, 0) is 68.6 Å². The Kier molecular flexibility index (Phi) is 6.72. The fourth-order valence-electron chi connectivity index (χ4n) is 6.46. The second-order valence-corrected chi connectivity index (χ2v) is 14.1. The van der Waals surface area contributed by atoms with Gasteiger partial charge in [0.2, 0.25) is 0 Å². The van der Waals surface area contributed by atoms with Crippen molar-refractivity contribution in [1.29, 1.82) is 0 Å². The summed E-state index contributed by atoms with van der Waals surface area (Å²) in [4.78, 5) is 22.5. The van der Waals surface area contributed by atoms with E-state index in [-0.39, 0.29) is 22.6 Å². The number of aryl methyl sites for hydroxylation is 1. The van der Waals surface area contributed by atoms with Crippen molar-refractivity contribution in [2.24, 2.45) is 16.8 Å². The number of hydrogen-bond acceptors (Lipinski definition) is 7. The fourth-order valence-corrected chi connectivity index (χ4v) is 9.77. The summed E-state index contributed by atoms with van der Waals surface area (Å²) in [6, 6.07) is 8.12. The molecule has 1 saturated heterocycles. The van der Waals surface area contributed by atoms with E-state index in [1.807, 2.05) is 13.0 Å². The van der Waals surface area contributed by atoms with Crippen molar-refractivity contribution in [3.63, 3.8) is 0 Å². The van der Waals surface area contributed by atoms with E-state index < -0.39 is 21.8 Å². The third-order valence-electron chi connectivity index (χ3n) is 8.97. The van der Waals surface area contributed by atoms with E-state index in [1.165, 1.54) is 23.0 Å². The Morgan fingerprint density at radius 3 is 2.48 bits per heavy atom. The van der Waals surface area contributed by atoms with Crippen molar-refractivity contribution in [1.82, 2.24) is 14.5 Å². The van der Waals surface area contributed by atoms with Crippen LogP contribution in [0.25, 0.3) is 11.0 Å². The lowest BCUT2D eigenvalue weighted by Crippen LogP contribution is -2.53. The number of nitrogens with zero attached hydrogens (tertiary/aromatic N) is 4. The summed E-state index contributed by atoms with van der Waals surface area (Å²) in [5, 5.41) is 4.00. The van der Waals surface area contributed by atoms with Gasteiger partial charge in [-0.1, -0.05) is 18.2 Å². The van der Waals surface area contributed by atoms with E-state index in [9.17, 15) is 17.8 Å². The van der Waals surface area contributed by atoms with Gasteiger partial charge in [0.05, 0.1) is 22.6 Å². The zero-order chi connectivity index (χ0) is 28.3. The molecule has 1 aliphatic heterocycles. The highest BCUT2D eigenvalue weighted by molar-refractivity contribution is 7.95. The molecule has 2 saturated carbocycles. The van der Waals surface area contributed by atoms with Crippen molar-refractivity contribution in [3.8, 4) is 0 Å². The van der Waals surface area contributed by atoms with Gasteiger partial charge in [0.25, 0.3) is 12.0 Å². The van der Waals surface area contributed by atoms with Gasteiger partial charge >= 0.3 is 0 Å². The van der Waals surface area contributed by atoms with Gasteiger partial charge in [-0.15, -0.1) is 0 Å². The molecule has 3 aromatic rings. The van der Waals surface area contributed by atoms with Crippen molar-refractivity contribution in [3.05, 3.63) is 63.7 Å². The predicted octanol–water partition coefficient (Wildman–Crippen LogP) is 5.49. The van der Waals surface area contributed by atoms with Crippen molar-refractivity contribution in [2.75, 3.05) is 23.9 Å². The van der Waals surface area contributed by atoms with Crippen LogP contribution in [0.3, 0.4) is 0 Å². The quantitative estimate of drug-likeness (QED) is 0.403. The zero-order valence-corrected chi connectivity index (χ0v) is 23.8. The van der Waals surface area contributed by atoms with Crippen LogP contribution >= 0.6 is 0 Å². The highest BCUT2D eigenvalue weighted by atomic mass is 32.2. The van der Waals surface area contributed by atoms with E-state index in [2.05, 4.69) is 19.6 Å². The summed E-state index contributed by atoms with van der Waals surface area (Å²) in [7, 11) is 1.25. The summed E-state index contributed by atoms with van der Waals surface area (Å²) in [5.41, 5.74) is 0.746. The normalized spacial score (nSPS) is 28.9. The lowest BCUT2D eigenvalue weighted by atomic mass is 9.68. The molecule has 0 amide bonds. The van der Waals surface area contributed by atoms with Gasteiger partial charge in [-0.3, -0.25) is 9.36 Å². The number of anilines is 1.